The molecule has 0 unspecified atom stereocenters. The number of benzene rings is 2. The predicted octanol–water partition coefficient (Wildman–Crippen LogP) is 4.15. The Kier molecular flexibility index (Phi) is 3.77. The van der Waals surface area contributed by atoms with E-state index in [1.165, 1.54) is 12.1 Å². The van der Waals surface area contributed by atoms with E-state index in [0.29, 0.717) is 15.7 Å². The van der Waals surface area contributed by atoms with Gasteiger partial charge < -0.3 is 5.32 Å². The van der Waals surface area contributed by atoms with Crippen molar-refractivity contribution >= 4 is 27.5 Å². The molecule has 0 aliphatic heterocycles. The lowest BCUT2D eigenvalue weighted by Gasteiger charge is -2.07. The van der Waals surface area contributed by atoms with E-state index in [1.807, 2.05) is 19.1 Å². The van der Waals surface area contributed by atoms with E-state index in [9.17, 15) is 9.18 Å². The highest BCUT2D eigenvalue weighted by Gasteiger charge is 2.10. The third-order valence-electron chi connectivity index (χ3n) is 2.45. The molecule has 0 aliphatic carbocycles. The molecule has 0 atom stereocenters. The third kappa shape index (κ3) is 2.96. The van der Waals surface area contributed by atoms with Gasteiger partial charge in [0.25, 0.3) is 5.91 Å². The third-order valence-corrected chi connectivity index (χ3v) is 3.14. The van der Waals surface area contributed by atoms with Gasteiger partial charge in [0.15, 0.2) is 0 Å². The fraction of sp³-hybridized carbons (Fsp3) is 0.0714. The number of aryl methyl sites for hydroxylation is 1. The molecule has 2 nitrogen and oxygen atoms in total. The first-order valence-electron chi connectivity index (χ1n) is 5.39. The molecule has 2 aromatic carbocycles. The van der Waals surface area contributed by atoms with Crippen LogP contribution in [0.15, 0.2) is 46.9 Å². The second-order valence-electron chi connectivity index (χ2n) is 3.95. The number of rotatable bonds is 2. The highest BCUT2D eigenvalue weighted by molar-refractivity contribution is 9.10. The number of amides is 1. The van der Waals surface area contributed by atoms with Crippen molar-refractivity contribution in [3.05, 3.63) is 63.9 Å². The summed E-state index contributed by atoms with van der Waals surface area (Å²) in [6.07, 6.45) is 0. The monoisotopic (exact) mass is 307 g/mol. The first kappa shape index (κ1) is 12.8. The van der Waals surface area contributed by atoms with E-state index in [4.69, 9.17) is 0 Å². The smallest absolute Gasteiger partial charge is 0.256 e. The molecule has 92 valence electrons. The molecule has 0 spiro atoms. The molecule has 0 bridgehead atoms. The lowest BCUT2D eigenvalue weighted by atomic mass is 10.1. The largest absolute Gasteiger partial charge is 0.322 e. The Morgan fingerprint density at radius 1 is 1.22 bits per heavy atom. The Labute approximate surface area is 113 Å². The van der Waals surface area contributed by atoms with Crippen LogP contribution in [0.1, 0.15) is 15.9 Å². The fourth-order valence-electron chi connectivity index (χ4n) is 1.58. The van der Waals surface area contributed by atoms with Gasteiger partial charge >= 0.3 is 0 Å². The maximum Gasteiger partial charge on any atom is 0.256 e. The average molecular weight is 308 g/mol. The van der Waals surface area contributed by atoms with Crippen LogP contribution in [-0.4, -0.2) is 5.91 Å². The van der Waals surface area contributed by atoms with Crippen LogP contribution in [0.25, 0.3) is 0 Å². The molecule has 0 aromatic heterocycles. The second-order valence-corrected chi connectivity index (χ2v) is 4.80. The van der Waals surface area contributed by atoms with E-state index in [-0.39, 0.29) is 11.7 Å². The fourth-order valence-corrected chi connectivity index (χ4v) is 2.00. The number of hydrogen-bond acceptors (Lipinski definition) is 1. The summed E-state index contributed by atoms with van der Waals surface area (Å²) in [4.78, 5) is 12.0. The zero-order valence-corrected chi connectivity index (χ0v) is 11.3. The van der Waals surface area contributed by atoms with Crippen molar-refractivity contribution in [1.29, 1.82) is 0 Å². The van der Waals surface area contributed by atoms with Crippen molar-refractivity contribution < 1.29 is 9.18 Å². The van der Waals surface area contributed by atoms with Crippen LogP contribution in [0.5, 0.6) is 0 Å². The summed E-state index contributed by atoms with van der Waals surface area (Å²) in [5.41, 5.74) is 1.95. The van der Waals surface area contributed by atoms with Crippen molar-refractivity contribution in [2.75, 3.05) is 5.32 Å². The van der Waals surface area contributed by atoms with Crippen molar-refractivity contribution in [2.45, 2.75) is 6.92 Å². The molecule has 0 fully saturated rings. The van der Waals surface area contributed by atoms with Crippen LogP contribution in [0, 0.1) is 12.7 Å². The van der Waals surface area contributed by atoms with E-state index in [2.05, 4.69) is 21.2 Å². The van der Waals surface area contributed by atoms with Crippen LogP contribution < -0.4 is 5.32 Å². The van der Waals surface area contributed by atoms with E-state index in [0.717, 1.165) is 5.56 Å². The first-order chi connectivity index (χ1) is 8.56. The van der Waals surface area contributed by atoms with Gasteiger partial charge in [-0.3, -0.25) is 4.79 Å². The van der Waals surface area contributed by atoms with E-state index >= 15 is 0 Å². The van der Waals surface area contributed by atoms with Crippen molar-refractivity contribution in [1.82, 2.24) is 0 Å². The van der Waals surface area contributed by atoms with Crippen molar-refractivity contribution in [2.24, 2.45) is 0 Å². The lowest BCUT2D eigenvalue weighted by molar-refractivity contribution is 0.102. The SMILES string of the molecule is Cc1ccc(Br)c(C(=O)Nc2cccc(F)c2)c1. The van der Waals surface area contributed by atoms with Gasteiger partial charge in [0, 0.05) is 10.2 Å². The zero-order valence-electron chi connectivity index (χ0n) is 9.71. The molecule has 1 N–H and O–H groups in total. The Balaban J connectivity index is 2.24. The van der Waals surface area contributed by atoms with Gasteiger partial charge in [0.2, 0.25) is 0 Å². The van der Waals surface area contributed by atoms with Gasteiger partial charge in [0.05, 0.1) is 5.56 Å². The van der Waals surface area contributed by atoms with Gasteiger partial charge in [-0.25, -0.2) is 4.39 Å². The summed E-state index contributed by atoms with van der Waals surface area (Å²) < 4.78 is 13.7. The Morgan fingerprint density at radius 3 is 2.72 bits per heavy atom. The van der Waals surface area contributed by atoms with Crippen LogP contribution in [0.3, 0.4) is 0 Å². The molecule has 2 rings (SSSR count). The van der Waals surface area contributed by atoms with Crippen molar-refractivity contribution in [3.63, 3.8) is 0 Å². The molecular weight excluding hydrogens is 297 g/mol. The maximum absolute atomic E-state index is 13.0. The summed E-state index contributed by atoms with van der Waals surface area (Å²) in [5.74, 6) is -0.646. The first-order valence-corrected chi connectivity index (χ1v) is 6.18. The topological polar surface area (TPSA) is 29.1 Å². The molecular formula is C14H11BrFNO. The van der Waals surface area contributed by atoms with Crippen LogP contribution in [0.2, 0.25) is 0 Å². The van der Waals surface area contributed by atoms with E-state index < -0.39 is 0 Å². The Morgan fingerprint density at radius 2 is 2.00 bits per heavy atom. The van der Waals surface area contributed by atoms with Gasteiger partial charge in [-0.05, 0) is 53.2 Å². The molecule has 0 aliphatic rings. The summed E-state index contributed by atoms with van der Waals surface area (Å²) in [6, 6.07) is 11.3. The molecule has 0 saturated carbocycles. The molecule has 0 heterocycles. The van der Waals surface area contributed by atoms with Crippen LogP contribution >= 0.6 is 15.9 Å². The minimum absolute atomic E-state index is 0.267. The van der Waals surface area contributed by atoms with Crippen LogP contribution in [-0.2, 0) is 0 Å². The molecule has 0 saturated heterocycles. The van der Waals surface area contributed by atoms with Gasteiger partial charge in [-0.15, -0.1) is 0 Å². The minimum Gasteiger partial charge on any atom is -0.322 e. The Bertz CT molecular complexity index is 598. The second kappa shape index (κ2) is 5.31. The number of anilines is 1. The van der Waals surface area contributed by atoms with Gasteiger partial charge in [-0.1, -0.05) is 17.7 Å². The number of nitrogens with one attached hydrogen (secondary N) is 1. The summed E-state index contributed by atoms with van der Waals surface area (Å²) in [5, 5.41) is 2.66. The highest BCUT2D eigenvalue weighted by Crippen LogP contribution is 2.20. The van der Waals surface area contributed by atoms with E-state index in [1.54, 1.807) is 18.2 Å². The summed E-state index contributed by atoms with van der Waals surface area (Å²) >= 11 is 3.32. The van der Waals surface area contributed by atoms with Crippen LogP contribution in [0.4, 0.5) is 10.1 Å². The molecule has 2 aromatic rings. The normalized spacial score (nSPS) is 10.2. The zero-order chi connectivity index (χ0) is 13.1. The standard InChI is InChI=1S/C14H11BrFNO/c1-9-5-6-13(15)12(7-9)14(18)17-11-4-2-3-10(16)8-11/h2-8H,1H3,(H,17,18). The number of hydrogen-bond donors (Lipinski definition) is 1. The average Bonchev–Trinajstić information content (AvgIpc) is 2.32. The quantitative estimate of drug-likeness (QED) is 0.887. The van der Waals surface area contributed by atoms with Gasteiger partial charge in [0.1, 0.15) is 5.82 Å². The van der Waals surface area contributed by atoms with Crippen molar-refractivity contribution in [3.8, 4) is 0 Å². The molecule has 18 heavy (non-hydrogen) atoms. The summed E-state index contributed by atoms with van der Waals surface area (Å²) in [6.45, 7) is 1.91. The summed E-state index contributed by atoms with van der Waals surface area (Å²) in [7, 11) is 0. The van der Waals surface area contributed by atoms with Gasteiger partial charge in [-0.2, -0.15) is 0 Å². The number of carbonyl (C=O) groups excluding carboxylic acids is 1. The Hall–Kier alpha value is -1.68. The molecule has 0 radical (unpaired) electrons. The lowest BCUT2D eigenvalue weighted by Crippen LogP contribution is -2.12. The molecule has 4 heteroatoms. The highest BCUT2D eigenvalue weighted by atomic mass is 79.9. The number of halogens is 2. The predicted molar refractivity (Wildman–Crippen MR) is 73.2 cm³/mol. The maximum atomic E-state index is 13.0. The number of carbonyl (C=O) groups is 1. The minimum atomic E-state index is -0.379. The molecule has 1 amide bonds.